The van der Waals surface area contributed by atoms with Crippen LogP contribution in [0.4, 0.5) is 5.95 Å². The second-order valence-electron chi connectivity index (χ2n) is 6.85. The first kappa shape index (κ1) is 18.6. The summed E-state index contributed by atoms with van der Waals surface area (Å²) in [5.41, 5.74) is 0.627. The summed E-state index contributed by atoms with van der Waals surface area (Å²) in [6, 6.07) is 9.20. The Hall–Kier alpha value is -2.74. The third-order valence-electron chi connectivity index (χ3n) is 4.92. The number of rotatable bonds is 5. The lowest BCUT2D eigenvalue weighted by molar-refractivity contribution is -0.115. The fourth-order valence-electron chi connectivity index (χ4n) is 3.48. The minimum absolute atomic E-state index is 0.0287. The average Bonchev–Trinajstić information content (AvgIpc) is 3.23. The molecule has 2 aromatic heterocycles. The molecular formula is C20H21N5O2S. The molecular weight excluding hydrogens is 374 g/mol. The molecule has 1 saturated carbocycles. The molecule has 3 aromatic rings. The van der Waals surface area contributed by atoms with E-state index in [1.165, 1.54) is 11.8 Å². The molecule has 144 valence electrons. The van der Waals surface area contributed by atoms with Gasteiger partial charge < -0.3 is 0 Å². The molecule has 0 spiro atoms. The third-order valence-corrected chi connectivity index (χ3v) is 5.98. The second kappa shape index (κ2) is 8.10. The van der Waals surface area contributed by atoms with Gasteiger partial charge in [-0.15, -0.1) is 0 Å². The maximum Gasteiger partial charge on any atom is 0.262 e. The highest BCUT2D eigenvalue weighted by Gasteiger charge is 2.25. The van der Waals surface area contributed by atoms with Crippen molar-refractivity contribution < 1.29 is 4.79 Å². The number of anilines is 1. The summed E-state index contributed by atoms with van der Waals surface area (Å²) < 4.78 is 1.79. The first-order valence-corrected chi connectivity index (χ1v) is 10.3. The molecule has 0 radical (unpaired) electrons. The van der Waals surface area contributed by atoms with Gasteiger partial charge in [0.15, 0.2) is 5.16 Å². The van der Waals surface area contributed by atoms with Crippen LogP contribution < -0.4 is 10.9 Å². The van der Waals surface area contributed by atoms with Gasteiger partial charge >= 0.3 is 0 Å². The number of carbonyl (C=O) groups excluding carboxylic acids is 1. The van der Waals surface area contributed by atoms with Crippen molar-refractivity contribution in [3.8, 4) is 0 Å². The molecule has 1 amide bonds. The zero-order chi connectivity index (χ0) is 19.5. The molecule has 1 aromatic carbocycles. The van der Waals surface area contributed by atoms with E-state index in [2.05, 4.69) is 15.3 Å². The fourth-order valence-corrected chi connectivity index (χ4v) is 4.46. The van der Waals surface area contributed by atoms with Crippen LogP contribution in [0, 0.1) is 0 Å². The number of nitrogens with one attached hydrogen (secondary N) is 1. The van der Waals surface area contributed by atoms with Crippen LogP contribution in [0.5, 0.6) is 0 Å². The molecule has 28 heavy (non-hydrogen) atoms. The number of amides is 1. The molecule has 0 bridgehead atoms. The molecule has 4 rings (SSSR count). The van der Waals surface area contributed by atoms with Crippen LogP contribution >= 0.6 is 11.8 Å². The summed E-state index contributed by atoms with van der Waals surface area (Å²) in [6.07, 6.45) is 7.29. The quantitative estimate of drug-likeness (QED) is 0.526. The molecule has 1 fully saturated rings. The van der Waals surface area contributed by atoms with E-state index in [0.29, 0.717) is 16.1 Å². The van der Waals surface area contributed by atoms with Crippen molar-refractivity contribution in [2.24, 2.45) is 0 Å². The van der Waals surface area contributed by atoms with Gasteiger partial charge in [-0.25, -0.2) is 15.0 Å². The molecule has 1 N–H and O–H groups in total. The van der Waals surface area contributed by atoms with E-state index in [1.807, 2.05) is 24.3 Å². The van der Waals surface area contributed by atoms with Crippen molar-refractivity contribution in [1.29, 1.82) is 0 Å². The molecule has 1 atom stereocenters. The maximum atomic E-state index is 13.2. The van der Waals surface area contributed by atoms with Crippen LogP contribution in [-0.4, -0.2) is 30.7 Å². The van der Waals surface area contributed by atoms with Gasteiger partial charge in [0.1, 0.15) is 0 Å². The summed E-state index contributed by atoms with van der Waals surface area (Å²) in [4.78, 5) is 38.5. The SMILES string of the molecule is CC(Sc1nc2ccccc2c(=O)n1C1CCCC1)C(=O)Nc1ncccn1. The third kappa shape index (κ3) is 3.77. The van der Waals surface area contributed by atoms with Gasteiger partial charge in [0.2, 0.25) is 11.9 Å². The van der Waals surface area contributed by atoms with Crippen LogP contribution in [0.25, 0.3) is 10.9 Å². The zero-order valence-electron chi connectivity index (χ0n) is 15.5. The zero-order valence-corrected chi connectivity index (χ0v) is 16.4. The van der Waals surface area contributed by atoms with E-state index in [-0.39, 0.29) is 23.5 Å². The second-order valence-corrected chi connectivity index (χ2v) is 8.15. The molecule has 0 aliphatic heterocycles. The standard InChI is InChI=1S/C20H21N5O2S/c1-13(17(26)24-19-21-11-6-12-22-19)28-20-23-16-10-5-4-9-15(16)18(27)25(20)14-7-2-3-8-14/h4-6,9-14H,2-3,7-8H2,1H3,(H,21,22,24,26). The molecule has 1 aliphatic rings. The van der Waals surface area contributed by atoms with E-state index >= 15 is 0 Å². The number of hydrogen-bond donors (Lipinski definition) is 1. The monoisotopic (exact) mass is 395 g/mol. The van der Waals surface area contributed by atoms with Gasteiger partial charge in [0, 0.05) is 18.4 Å². The Labute approximate surface area is 166 Å². The van der Waals surface area contributed by atoms with Crippen molar-refractivity contribution in [3.63, 3.8) is 0 Å². The summed E-state index contributed by atoms with van der Waals surface area (Å²) in [5.74, 6) is 0.0381. The molecule has 2 heterocycles. The number of carbonyl (C=O) groups is 1. The summed E-state index contributed by atoms with van der Waals surface area (Å²) in [7, 11) is 0. The molecule has 8 heteroatoms. The highest BCUT2D eigenvalue weighted by atomic mass is 32.2. The smallest absolute Gasteiger partial charge is 0.262 e. The lowest BCUT2D eigenvalue weighted by atomic mass is 10.2. The van der Waals surface area contributed by atoms with Crippen molar-refractivity contribution in [2.45, 2.75) is 49.1 Å². The number of para-hydroxylation sites is 1. The fraction of sp³-hybridized carbons (Fsp3) is 0.350. The highest BCUT2D eigenvalue weighted by molar-refractivity contribution is 8.00. The lowest BCUT2D eigenvalue weighted by Gasteiger charge is -2.20. The Morgan fingerprint density at radius 3 is 2.64 bits per heavy atom. The number of hydrogen-bond acceptors (Lipinski definition) is 6. The minimum Gasteiger partial charge on any atom is -0.294 e. The Balaban J connectivity index is 1.66. The predicted molar refractivity (Wildman–Crippen MR) is 109 cm³/mol. The van der Waals surface area contributed by atoms with Gasteiger partial charge in [0.05, 0.1) is 16.2 Å². The molecule has 1 unspecified atom stereocenters. The van der Waals surface area contributed by atoms with Crippen LogP contribution in [0.3, 0.4) is 0 Å². The normalized spacial score (nSPS) is 15.6. The van der Waals surface area contributed by atoms with Crippen molar-refractivity contribution in [3.05, 3.63) is 53.1 Å². The average molecular weight is 395 g/mol. The van der Waals surface area contributed by atoms with Gasteiger partial charge in [-0.05, 0) is 38.0 Å². The Morgan fingerprint density at radius 2 is 1.89 bits per heavy atom. The van der Waals surface area contributed by atoms with Crippen LogP contribution in [0.2, 0.25) is 0 Å². The van der Waals surface area contributed by atoms with Crippen LogP contribution in [-0.2, 0) is 4.79 Å². The van der Waals surface area contributed by atoms with E-state index in [9.17, 15) is 9.59 Å². The Kier molecular flexibility index (Phi) is 5.38. The highest BCUT2D eigenvalue weighted by Crippen LogP contribution is 2.33. The molecule has 7 nitrogen and oxygen atoms in total. The Morgan fingerprint density at radius 1 is 1.18 bits per heavy atom. The molecule has 0 saturated heterocycles. The van der Waals surface area contributed by atoms with Gasteiger partial charge in [-0.3, -0.25) is 19.5 Å². The van der Waals surface area contributed by atoms with Crippen LogP contribution in [0.1, 0.15) is 38.6 Å². The van der Waals surface area contributed by atoms with E-state index < -0.39 is 5.25 Å². The predicted octanol–water partition coefficient (Wildman–Crippen LogP) is 3.42. The van der Waals surface area contributed by atoms with Crippen molar-refractivity contribution >= 4 is 34.5 Å². The largest absolute Gasteiger partial charge is 0.294 e. The number of aromatic nitrogens is 4. The van der Waals surface area contributed by atoms with E-state index in [1.54, 1.807) is 30.0 Å². The first-order valence-electron chi connectivity index (χ1n) is 9.39. The number of benzene rings is 1. The summed E-state index contributed by atoms with van der Waals surface area (Å²) in [5, 5.41) is 3.46. The molecule has 1 aliphatic carbocycles. The first-order chi connectivity index (χ1) is 13.6. The maximum absolute atomic E-state index is 13.2. The topological polar surface area (TPSA) is 89.8 Å². The van der Waals surface area contributed by atoms with Gasteiger partial charge in [-0.1, -0.05) is 36.7 Å². The Bertz CT molecular complexity index is 1050. The minimum atomic E-state index is -0.454. The number of thioether (sulfide) groups is 1. The van der Waals surface area contributed by atoms with Gasteiger partial charge in [-0.2, -0.15) is 0 Å². The van der Waals surface area contributed by atoms with E-state index in [4.69, 9.17) is 4.98 Å². The lowest BCUT2D eigenvalue weighted by Crippen LogP contribution is -2.29. The van der Waals surface area contributed by atoms with Crippen LogP contribution in [0.15, 0.2) is 52.7 Å². The van der Waals surface area contributed by atoms with Crippen molar-refractivity contribution in [1.82, 2.24) is 19.5 Å². The van der Waals surface area contributed by atoms with Gasteiger partial charge in [0.25, 0.3) is 5.56 Å². The summed E-state index contributed by atoms with van der Waals surface area (Å²) in [6.45, 7) is 1.79. The number of nitrogens with zero attached hydrogens (tertiary/aromatic N) is 4. The summed E-state index contributed by atoms with van der Waals surface area (Å²) >= 11 is 1.30. The van der Waals surface area contributed by atoms with E-state index in [0.717, 1.165) is 25.7 Å². The number of fused-ring (bicyclic) bond motifs is 1. The van der Waals surface area contributed by atoms with Crippen molar-refractivity contribution in [2.75, 3.05) is 5.32 Å².